The van der Waals surface area contributed by atoms with Crippen LogP contribution in [0.25, 0.3) is 0 Å². The van der Waals surface area contributed by atoms with Crippen molar-refractivity contribution in [3.8, 4) is 5.75 Å². The normalized spacial score (nSPS) is 25.5. The van der Waals surface area contributed by atoms with Gasteiger partial charge in [0.05, 0.1) is 15.5 Å². The largest absolute Gasteiger partial charge is 0.487 e. The molecular weight excluding hydrogens is 428 g/mol. The van der Waals surface area contributed by atoms with Crippen LogP contribution in [0.3, 0.4) is 0 Å². The van der Waals surface area contributed by atoms with Gasteiger partial charge in [0.25, 0.3) is 0 Å². The second kappa shape index (κ2) is 6.43. The number of allylic oxidation sites excluding steroid dienone is 1. The number of thiophene rings is 1. The molecule has 1 aromatic heterocycles. The number of hydrogen-bond acceptors (Lipinski definition) is 6. The van der Waals surface area contributed by atoms with Crippen LogP contribution in [0.2, 0.25) is 0 Å². The number of sulfone groups is 2. The Morgan fingerprint density at radius 2 is 1.72 bits per heavy atom. The molecule has 2 aliphatic rings. The van der Waals surface area contributed by atoms with Gasteiger partial charge in [0, 0.05) is 12.5 Å². The van der Waals surface area contributed by atoms with Gasteiger partial charge in [0.15, 0.2) is 9.84 Å². The van der Waals surface area contributed by atoms with E-state index in [0.29, 0.717) is 23.5 Å². The lowest BCUT2D eigenvalue weighted by Gasteiger charge is -2.46. The molecule has 0 fully saturated rings. The molecule has 1 atom stereocenters. The summed E-state index contributed by atoms with van der Waals surface area (Å²) in [5.41, 5.74) is 1.19. The minimum absolute atomic E-state index is 0.00692. The number of fused-ring (bicyclic) bond motifs is 2. The van der Waals surface area contributed by atoms with Gasteiger partial charge < -0.3 is 4.74 Å². The molecule has 3 heterocycles. The minimum Gasteiger partial charge on any atom is -0.487 e. The number of rotatable bonds is 2. The molecular formula is C21H24O5S3. The lowest BCUT2D eigenvalue weighted by Crippen LogP contribution is -2.50. The van der Waals surface area contributed by atoms with Crippen LogP contribution >= 0.6 is 11.3 Å². The molecule has 0 saturated heterocycles. The van der Waals surface area contributed by atoms with Crippen molar-refractivity contribution < 1.29 is 21.6 Å². The van der Waals surface area contributed by atoms with Gasteiger partial charge in [-0.15, -0.1) is 11.3 Å². The number of hydrogen-bond donors (Lipinski definition) is 0. The van der Waals surface area contributed by atoms with E-state index in [1.165, 1.54) is 6.07 Å². The maximum Gasteiger partial charge on any atom is 0.216 e. The van der Waals surface area contributed by atoms with Crippen molar-refractivity contribution in [3.63, 3.8) is 0 Å². The average molecular weight is 453 g/mol. The molecule has 0 aliphatic carbocycles. The first-order valence-corrected chi connectivity index (χ1v) is 13.3. The second-order valence-corrected chi connectivity index (χ2v) is 14.1. The van der Waals surface area contributed by atoms with Crippen molar-refractivity contribution >= 4 is 31.0 Å². The molecule has 8 heteroatoms. The van der Waals surface area contributed by atoms with Crippen molar-refractivity contribution in [3.05, 3.63) is 52.4 Å². The van der Waals surface area contributed by atoms with Crippen LogP contribution in [-0.2, 0) is 24.4 Å². The van der Waals surface area contributed by atoms with E-state index in [1.807, 2.05) is 27.7 Å². The zero-order chi connectivity index (χ0) is 21.2. The van der Waals surface area contributed by atoms with Crippen LogP contribution in [-0.4, -0.2) is 28.2 Å². The number of benzene rings is 1. The zero-order valence-corrected chi connectivity index (χ0v) is 19.3. The molecule has 0 radical (unpaired) electrons. The van der Waals surface area contributed by atoms with E-state index in [2.05, 4.69) is 0 Å². The van der Waals surface area contributed by atoms with Crippen molar-refractivity contribution in [1.82, 2.24) is 0 Å². The molecule has 4 rings (SSSR count). The highest BCUT2D eigenvalue weighted by Crippen LogP contribution is 2.57. The monoisotopic (exact) mass is 452 g/mol. The SMILES string of the molecule is CC1=C(C)CS(=O)(=O)C2(C1)CC(C)(C)Oc1cc(S(=O)(=O)c3ccccc3)sc12. The maximum atomic E-state index is 13.5. The molecule has 156 valence electrons. The first-order valence-electron chi connectivity index (χ1n) is 9.39. The minimum atomic E-state index is -3.76. The third-order valence-corrected chi connectivity index (χ3v) is 12.0. The maximum absolute atomic E-state index is 13.5. The summed E-state index contributed by atoms with van der Waals surface area (Å²) < 4.78 is 58.3. The van der Waals surface area contributed by atoms with E-state index in [9.17, 15) is 16.8 Å². The zero-order valence-electron chi connectivity index (χ0n) is 16.9. The topological polar surface area (TPSA) is 77.5 Å². The van der Waals surface area contributed by atoms with E-state index in [4.69, 9.17) is 4.74 Å². The van der Waals surface area contributed by atoms with Crippen LogP contribution in [0.5, 0.6) is 5.75 Å². The summed E-state index contributed by atoms with van der Waals surface area (Å²) in [5, 5.41) is 0. The van der Waals surface area contributed by atoms with E-state index >= 15 is 0 Å². The predicted octanol–water partition coefficient (Wildman–Crippen LogP) is 4.49. The van der Waals surface area contributed by atoms with Crippen LogP contribution in [0.15, 0.2) is 56.6 Å². The fraction of sp³-hybridized carbons (Fsp3) is 0.429. The highest BCUT2D eigenvalue weighted by atomic mass is 32.2. The summed E-state index contributed by atoms with van der Waals surface area (Å²) >= 11 is 1.03. The molecule has 2 aromatic rings. The number of ether oxygens (including phenoxy) is 1. The van der Waals surface area contributed by atoms with E-state index in [1.54, 1.807) is 30.3 Å². The Kier molecular flexibility index (Phi) is 4.57. The molecule has 0 saturated carbocycles. The van der Waals surface area contributed by atoms with E-state index in [-0.39, 0.29) is 14.9 Å². The third-order valence-electron chi connectivity index (χ3n) is 5.79. The van der Waals surface area contributed by atoms with Crippen molar-refractivity contribution in [2.75, 3.05) is 5.75 Å². The van der Waals surface area contributed by atoms with Crippen LogP contribution in [0, 0.1) is 0 Å². The molecule has 0 N–H and O–H groups in total. The Morgan fingerprint density at radius 1 is 1.07 bits per heavy atom. The van der Waals surface area contributed by atoms with E-state index < -0.39 is 30.0 Å². The fourth-order valence-electron chi connectivity index (χ4n) is 4.33. The molecule has 1 spiro atoms. The molecule has 2 aliphatic heterocycles. The van der Waals surface area contributed by atoms with Gasteiger partial charge in [-0.25, -0.2) is 16.8 Å². The summed E-state index contributed by atoms with van der Waals surface area (Å²) in [6, 6.07) is 9.69. The van der Waals surface area contributed by atoms with Gasteiger partial charge in [-0.05, 0) is 46.2 Å². The molecule has 5 nitrogen and oxygen atoms in total. The molecule has 29 heavy (non-hydrogen) atoms. The molecule has 1 aromatic carbocycles. The Hall–Kier alpha value is -1.64. The first-order chi connectivity index (χ1) is 13.4. The van der Waals surface area contributed by atoms with Gasteiger partial charge in [-0.3, -0.25) is 0 Å². The Labute approximate surface area is 176 Å². The van der Waals surface area contributed by atoms with Crippen molar-refractivity contribution in [2.45, 2.75) is 60.0 Å². The Balaban J connectivity index is 1.95. The predicted molar refractivity (Wildman–Crippen MR) is 114 cm³/mol. The highest BCUT2D eigenvalue weighted by molar-refractivity contribution is 7.94. The standard InChI is InChI=1S/C21H24O5S3/c1-14-11-21(28(22,23)12-15(14)2)13-20(3,4)26-17-10-18(27-19(17)21)29(24,25)16-8-6-5-7-9-16/h5-10H,11-13H2,1-4H3. The highest BCUT2D eigenvalue weighted by Gasteiger charge is 2.56. The van der Waals surface area contributed by atoms with Crippen LogP contribution in [0.1, 0.15) is 45.4 Å². The second-order valence-electron chi connectivity index (χ2n) is 8.60. The van der Waals surface area contributed by atoms with Crippen molar-refractivity contribution in [1.29, 1.82) is 0 Å². The van der Waals surface area contributed by atoms with Crippen LogP contribution < -0.4 is 4.74 Å². The Bertz CT molecular complexity index is 1220. The summed E-state index contributed by atoms with van der Waals surface area (Å²) in [5.74, 6) is 0.365. The third kappa shape index (κ3) is 3.16. The van der Waals surface area contributed by atoms with Gasteiger partial charge >= 0.3 is 0 Å². The molecule has 1 unspecified atom stereocenters. The molecule has 0 amide bonds. The van der Waals surface area contributed by atoms with Gasteiger partial charge in [-0.2, -0.15) is 0 Å². The summed E-state index contributed by atoms with van der Waals surface area (Å²) in [4.78, 5) is 0.698. The smallest absolute Gasteiger partial charge is 0.216 e. The lowest BCUT2D eigenvalue weighted by molar-refractivity contribution is 0.0646. The van der Waals surface area contributed by atoms with E-state index in [0.717, 1.165) is 22.5 Å². The first kappa shape index (κ1) is 20.6. The summed E-state index contributed by atoms with van der Waals surface area (Å²) in [6.45, 7) is 7.53. The fourth-order valence-corrected chi connectivity index (χ4v) is 10.2. The van der Waals surface area contributed by atoms with Crippen molar-refractivity contribution in [2.24, 2.45) is 0 Å². The molecule has 0 bridgehead atoms. The van der Waals surface area contributed by atoms with Gasteiger partial charge in [0.1, 0.15) is 20.3 Å². The Morgan fingerprint density at radius 3 is 2.38 bits per heavy atom. The summed E-state index contributed by atoms with van der Waals surface area (Å²) in [6.07, 6.45) is 0.664. The quantitative estimate of drug-likeness (QED) is 0.627. The average Bonchev–Trinajstić information content (AvgIpc) is 3.04. The van der Waals surface area contributed by atoms with Gasteiger partial charge in [0.2, 0.25) is 9.84 Å². The summed E-state index contributed by atoms with van der Waals surface area (Å²) in [7, 11) is -7.29. The van der Waals surface area contributed by atoms with Gasteiger partial charge in [-0.1, -0.05) is 29.3 Å². The van der Waals surface area contributed by atoms with Crippen LogP contribution in [0.4, 0.5) is 0 Å². The lowest BCUT2D eigenvalue weighted by atomic mass is 9.83.